The number of guanidine groups is 1. The third-order valence-electron chi connectivity index (χ3n) is 2.26. The number of sulfonamides is 1. The van der Waals surface area contributed by atoms with Gasteiger partial charge < -0.3 is 10.6 Å². The van der Waals surface area contributed by atoms with E-state index in [-0.39, 0.29) is 24.0 Å². The maximum Gasteiger partial charge on any atom is 0.209 e. The summed E-state index contributed by atoms with van der Waals surface area (Å²) >= 11 is 0. The molecule has 0 aliphatic rings. The molecule has 0 rings (SSSR count). The van der Waals surface area contributed by atoms with Crippen LogP contribution in [0.5, 0.6) is 0 Å². The number of halogens is 1. The van der Waals surface area contributed by atoms with Gasteiger partial charge in [0, 0.05) is 18.6 Å². The fourth-order valence-electron chi connectivity index (χ4n) is 1.54. The highest BCUT2D eigenvalue weighted by Gasteiger charge is 2.21. The maximum atomic E-state index is 11.2. The van der Waals surface area contributed by atoms with Gasteiger partial charge in [-0.3, -0.25) is 4.99 Å². The number of hydrogen-bond donors (Lipinski definition) is 3. The third-order valence-corrected chi connectivity index (χ3v) is 3.18. The van der Waals surface area contributed by atoms with Crippen LogP contribution >= 0.6 is 24.0 Å². The summed E-state index contributed by atoms with van der Waals surface area (Å²) in [4.78, 5) is 4.41. The second-order valence-electron chi connectivity index (χ2n) is 5.23. The van der Waals surface area contributed by atoms with E-state index in [0.717, 1.165) is 38.1 Å². The quantitative estimate of drug-likeness (QED) is 0.239. The summed E-state index contributed by atoms with van der Waals surface area (Å²) in [5.41, 5.74) is -0.597. The summed E-state index contributed by atoms with van der Waals surface area (Å²) in [7, 11) is -3.22. The molecular weight excluding hydrogens is 391 g/mol. The smallest absolute Gasteiger partial charge is 0.209 e. The predicted molar refractivity (Wildman–Crippen MR) is 96.4 cm³/mol. The summed E-state index contributed by atoms with van der Waals surface area (Å²) in [6.07, 6.45) is 3.35. The molecule has 6 nitrogen and oxygen atoms in total. The number of hydrogen-bond acceptors (Lipinski definition) is 3. The minimum Gasteiger partial charge on any atom is -0.357 e. The zero-order valence-electron chi connectivity index (χ0n) is 13.1. The first kappa shape index (κ1) is 22.2. The van der Waals surface area contributed by atoms with Gasteiger partial charge in [0.15, 0.2) is 5.96 Å². The Kier molecular flexibility index (Phi) is 11.8. The number of nitrogens with zero attached hydrogens (tertiary/aromatic N) is 1. The van der Waals surface area contributed by atoms with Gasteiger partial charge in [0.25, 0.3) is 0 Å². The predicted octanol–water partition coefficient (Wildman–Crippen LogP) is 1.29. The first-order chi connectivity index (χ1) is 8.70. The lowest BCUT2D eigenvalue weighted by atomic mass is 10.1. The van der Waals surface area contributed by atoms with Crippen LogP contribution in [0.1, 0.15) is 40.5 Å². The van der Waals surface area contributed by atoms with Crippen molar-refractivity contribution in [1.29, 1.82) is 0 Å². The molecule has 0 saturated heterocycles. The second kappa shape index (κ2) is 10.6. The molecule has 0 saturated carbocycles. The Bertz CT molecular complexity index is 383. The number of rotatable bonds is 8. The Morgan fingerprint density at radius 2 is 1.80 bits per heavy atom. The first-order valence-electron chi connectivity index (χ1n) is 6.71. The Morgan fingerprint density at radius 3 is 2.25 bits per heavy atom. The van der Waals surface area contributed by atoms with E-state index < -0.39 is 15.6 Å². The van der Waals surface area contributed by atoms with E-state index in [2.05, 4.69) is 27.3 Å². The minimum absolute atomic E-state index is 0. The number of unbranched alkanes of at least 4 members (excludes halogenated alkanes) is 1. The van der Waals surface area contributed by atoms with Crippen molar-refractivity contribution in [1.82, 2.24) is 15.4 Å². The van der Waals surface area contributed by atoms with Crippen molar-refractivity contribution in [3.63, 3.8) is 0 Å². The van der Waals surface area contributed by atoms with E-state index in [1.165, 1.54) is 0 Å². The molecule has 0 aromatic heterocycles. The Hall–Kier alpha value is -0.0900. The molecule has 0 aliphatic heterocycles. The summed E-state index contributed by atoms with van der Waals surface area (Å²) in [5, 5.41) is 6.36. The van der Waals surface area contributed by atoms with Gasteiger partial charge in [0.1, 0.15) is 0 Å². The minimum atomic E-state index is -3.22. The molecule has 0 amide bonds. The average Bonchev–Trinajstić information content (AvgIpc) is 2.23. The highest BCUT2D eigenvalue weighted by molar-refractivity contribution is 14.0. The summed E-state index contributed by atoms with van der Waals surface area (Å²) in [6.45, 7) is 9.77. The molecule has 0 aromatic rings. The standard InChI is InChI=1S/C12H28N4O2S.HI/c1-6-8-9-14-11(13-7-2)15-10-12(3,4)16-19(5,17)18;/h16H,6-10H2,1-5H3,(H2,13,14,15);1H. The summed E-state index contributed by atoms with van der Waals surface area (Å²) < 4.78 is 25.0. The van der Waals surface area contributed by atoms with Gasteiger partial charge in [0.2, 0.25) is 10.0 Å². The molecule has 122 valence electrons. The van der Waals surface area contributed by atoms with Gasteiger partial charge in [-0.25, -0.2) is 13.1 Å². The molecule has 8 heteroatoms. The van der Waals surface area contributed by atoms with Crippen LogP contribution < -0.4 is 15.4 Å². The van der Waals surface area contributed by atoms with Gasteiger partial charge in [-0.2, -0.15) is 0 Å². The molecule has 0 unspecified atom stereocenters. The SMILES string of the molecule is CCCCNC(=NCC(C)(C)NS(C)(=O)=O)NCC.I. The molecule has 0 radical (unpaired) electrons. The third kappa shape index (κ3) is 12.9. The van der Waals surface area contributed by atoms with Crippen LogP contribution in [-0.4, -0.2) is 45.8 Å². The topological polar surface area (TPSA) is 82.6 Å². The van der Waals surface area contributed by atoms with Gasteiger partial charge in [-0.1, -0.05) is 13.3 Å². The van der Waals surface area contributed by atoms with E-state index in [9.17, 15) is 8.42 Å². The molecule has 3 N–H and O–H groups in total. The van der Waals surface area contributed by atoms with Crippen LogP contribution in [-0.2, 0) is 10.0 Å². The second-order valence-corrected chi connectivity index (χ2v) is 6.98. The Balaban J connectivity index is 0. The Morgan fingerprint density at radius 1 is 1.20 bits per heavy atom. The molecule has 0 heterocycles. The first-order valence-corrected chi connectivity index (χ1v) is 8.60. The van der Waals surface area contributed by atoms with Crippen LogP contribution in [0.15, 0.2) is 4.99 Å². The van der Waals surface area contributed by atoms with Crippen molar-refractivity contribution in [2.75, 3.05) is 25.9 Å². The zero-order valence-corrected chi connectivity index (χ0v) is 16.3. The molecule has 0 bridgehead atoms. The molecule has 0 fully saturated rings. The Labute approximate surface area is 140 Å². The molecule has 20 heavy (non-hydrogen) atoms. The van der Waals surface area contributed by atoms with Crippen molar-refractivity contribution in [2.24, 2.45) is 4.99 Å². The zero-order chi connectivity index (χ0) is 14.9. The highest BCUT2D eigenvalue weighted by atomic mass is 127. The van der Waals surface area contributed by atoms with E-state index in [4.69, 9.17) is 0 Å². The van der Waals surface area contributed by atoms with E-state index in [0.29, 0.717) is 6.54 Å². The molecule has 0 aliphatic carbocycles. The van der Waals surface area contributed by atoms with Gasteiger partial charge >= 0.3 is 0 Å². The van der Waals surface area contributed by atoms with Gasteiger partial charge in [-0.15, -0.1) is 24.0 Å². The molecule has 0 aromatic carbocycles. The highest BCUT2D eigenvalue weighted by Crippen LogP contribution is 2.04. The summed E-state index contributed by atoms with van der Waals surface area (Å²) in [6, 6.07) is 0. The lowest BCUT2D eigenvalue weighted by Crippen LogP contribution is -2.46. The van der Waals surface area contributed by atoms with Gasteiger partial charge in [0.05, 0.1) is 12.8 Å². The largest absolute Gasteiger partial charge is 0.357 e. The van der Waals surface area contributed by atoms with Crippen LogP contribution in [0.2, 0.25) is 0 Å². The van der Waals surface area contributed by atoms with Crippen molar-refractivity contribution < 1.29 is 8.42 Å². The molecule has 0 spiro atoms. The van der Waals surface area contributed by atoms with E-state index >= 15 is 0 Å². The lowest BCUT2D eigenvalue weighted by molar-refractivity contribution is 0.464. The van der Waals surface area contributed by atoms with Crippen molar-refractivity contribution >= 4 is 40.0 Å². The average molecular weight is 420 g/mol. The molecular formula is C12H29IN4O2S. The van der Waals surface area contributed by atoms with Crippen LogP contribution in [0.25, 0.3) is 0 Å². The van der Waals surface area contributed by atoms with Crippen LogP contribution in [0, 0.1) is 0 Å². The lowest BCUT2D eigenvalue weighted by Gasteiger charge is -2.23. The van der Waals surface area contributed by atoms with Crippen molar-refractivity contribution in [2.45, 2.75) is 46.1 Å². The normalized spacial score (nSPS) is 12.8. The monoisotopic (exact) mass is 420 g/mol. The molecule has 0 atom stereocenters. The maximum absolute atomic E-state index is 11.2. The fraction of sp³-hybridized carbons (Fsp3) is 0.917. The van der Waals surface area contributed by atoms with Crippen molar-refractivity contribution in [3.05, 3.63) is 0 Å². The van der Waals surface area contributed by atoms with Crippen molar-refractivity contribution in [3.8, 4) is 0 Å². The van der Waals surface area contributed by atoms with E-state index in [1.807, 2.05) is 20.8 Å². The van der Waals surface area contributed by atoms with Gasteiger partial charge in [-0.05, 0) is 27.2 Å². The number of aliphatic imine (C=N–C) groups is 1. The fourth-order valence-corrected chi connectivity index (χ4v) is 2.60. The summed E-state index contributed by atoms with van der Waals surface area (Å²) in [5.74, 6) is 0.722. The van der Waals surface area contributed by atoms with Crippen LogP contribution in [0.3, 0.4) is 0 Å². The van der Waals surface area contributed by atoms with Crippen LogP contribution in [0.4, 0.5) is 0 Å². The number of nitrogens with one attached hydrogen (secondary N) is 3. The van der Waals surface area contributed by atoms with E-state index in [1.54, 1.807) is 0 Å².